The zero-order chi connectivity index (χ0) is 21.5. The van der Waals surface area contributed by atoms with Crippen LogP contribution in [-0.2, 0) is 17.8 Å². The van der Waals surface area contributed by atoms with Gasteiger partial charge in [-0.1, -0.05) is 36.4 Å². The topological polar surface area (TPSA) is 52.6 Å². The van der Waals surface area contributed by atoms with Crippen molar-refractivity contribution in [1.29, 1.82) is 0 Å². The molecule has 1 aliphatic rings. The lowest BCUT2D eigenvalue weighted by Gasteiger charge is -2.28. The highest BCUT2D eigenvalue weighted by Crippen LogP contribution is 2.30. The van der Waals surface area contributed by atoms with Crippen molar-refractivity contribution in [2.75, 3.05) is 6.54 Å². The minimum Gasteiger partial charge on any atom is -0.296 e. The van der Waals surface area contributed by atoms with Gasteiger partial charge in [-0.05, 0) is 79.1 Å². The average molecular weight is 409 g/mol. The molecule has 2 aromatic carbocycles. The molecule has 3 rings (SSSR count). The van der Waals surface area contributed by atoms with Crippen LogP contribution in [0.3, 0.4) is 0 Å². The molecule has 5 heteroatoms. The zero-order valence-corrected chi connectivity index (χ0v) is 17.6. The molecule has 0 bridgehead atoms. The molecular formula is C25H29FN2O2. The van der Waals surface area contributed by atoms with E-state index in [0.717, 1.165) is 43.5 Å². The van der Waals surface area contributed by atoms with Gasteiger partial charge in [0.05, 0.1) is 0 Å². The predicted octanol–water partition coefficient (Wildman–Crippen LogP) is 4.97. The van der Waals surface area contributed by atoms with Crippen molar-refractivity contribution in [3.8, 4) is 0 Å². The number of hydroxylamine groups is 1. The second-order valence-corrected chi connectivity index (χ2v) is 7.93. The first-order valence-corrected chi connectivity index (χ1v) is 10.4. The van der Waals surface area contributed by atoms with Gasteiger partial charge < -0.3 is 0 Å². The van der Waals surface area contributed by atoms with E-state index in [2.05, 4.69) is 37.0 Å². The second kappa shape index (κ2) is 10.3. The van der Waals surface area contributed by atoms with Crippen LogP contribution in [0.4, 0.5) is 4.39 Å². The van der Waals surface area contributed by atoms with Gasteiger partial charge in [-0.15, -0.1) is 0 Å². The molecule has 0 radical (unpaired) electrons. The molecule has 158 valence electrons. The Labute approximate surface area is 177 Å². The Morgan fingerprint density at radius 2 is 2.00 bits per heavy atom. The molecule has 2 aromatic rings. The number of hydrogen-bond acceptors (Lipinski definition) is 3. The Balaban J connectivity index is 1.63. The molecule has 2 N–H and O–H groups in total. The van der Waals surface area contributed by atoms with Crippen LogP contribution < -0.4 is 5.48 Å². The van der Waals surface area contributed by atoms with Gasteiger partial charge in [0.1, 0.15) is 5.82 Å². The third-order valence-electron chi connectivity index (χ3n) is 5.52. The van der Waals surface area contributed by atoms with Gasteiger partial charge in [-0.25, -0.2) is 9.87 Å². The van der Waals surface area contributed by atoms with E-state index >= 15 is 0 Å². The number of benzene rings is 2. The number of nitrogens with one attached hydrogen (secondary N) is 1. The summed E-state index contributed by atoms with van der Waals surface area (Å²) in [7, 11) is 0. The molecular weight excluding hydrogens is 379 g/mol. The van der Waals surface area contributed by atoms with Crippen molar-refractivity contribution >= 4 is 17.6 Å². The SMILES string of the molecule is CC(C)N(CCC1=CCCc2ccc(F)cc21)Cc1ccc(/C=C/C(=O)NO)cc1. The Bertz CT molecular complexity index is 933. The highest BCUT2D eigenvalue weighted by atomic mass is 19.1. The summed E-state index contributed by atoms with van der Waals surface area (Å²) in [6.07, 6.45) is 8.08. The largest absolute Gasteiger partial charge is 0.296 e. The highest BCUT2D eigenvalue weighted by molar-refractivity contribution is 5.90. The maximum absolute atomic E-state index is 13.8. The smallest absolute Gasteiger partial charge is 0.267 e. The summed E-state index contributed by atoms with van der Waals surface area (Å²) < 4.78 is 13.8. The Morgan fingerprint density at radius 3 is 2.70 bits per heavy atom. The van der Waals surface area contributed by atoms with Crippen LogP contribution in [0.25, 0.3) is 11.6 Å². The summed E-state index contributed by atoms with van der Waals surface area (Å²) in [6.45, 7) is 6.10. The lowest BCUT2D eigenvalue weighted by atomic mass is 9.89. The lowest BCUT2D eigenvalue weighted by Crippen LogP contribution is -2.31. The number of rotatable bonds is 8. The van der Waals surface area contributed by atoms with Crippen molar-refractivity contribution < 1.29 is 14.4 Å². The van der Waals surface area contributed by atoms with Crippen LogP contribution in [0.2, 0.25) is 0 Å². The van der Waals surface area contributed by atoms with E-state index in [9.17, 15) is 9.18 Å². The minimum atomic E-state index is -0.552. The maximum Gasteiger partial charge on any atom is 0.267 e. The van der Waals surface area contributed by atoms with Crippen LogP contribution in [-0.4, -0.2) is 28.6 Å². The number of nitrogens with zero attached hydrogens (tertiary/aromatic N) is 1. The Hall–Kier alpha value is -2.76. The number of carbonyl (C=O) groups excluding carboxylic acids is 1. The van der Waals surface area contributed by atoms with Crippen LogP contribution in [0, 0.1) is 5.82 Å². The molecule has 1 aliphatic carbocycles. The van der Waals surface area contributed by atoms with Crippen molar-refractivity contribution in [1.82, 2.24) is 10.4 Å². The summed E-state index contributed by atoms with van der Waals surface area (Å²) in [5.41, 5.74) is 7.20. The fourth-order valence-electron chi connectivity index (χ4n) is 3.78. The Kier molecular flexibility index (Phi) is 7.55. The monoisotopic (exact) mass is 408 g/mol. The van der Waals surface area contributed by atoms with E-state index < -0.39 is 5.91 Å². The first-order valence-electron chi connectivity index (χ1n) is 10.4. The first kappa shape index (κ1) is 21.9. The van der Waals surface area contributed by atoms with Crippen LogP contribution >= 0.6 is 0 Å². The standard InChI is InChI=1S/C25H29FN2O2/c1-18(2)28(17-20-8-6-19(7-9-20)10-13-25(29)27-30)15-14-22-5-3-4-21-11-12-23(26)16-24(21)22/h5-13,16,18,30H,3-4,14-15,17H2,1-2H3,(H,27,29)/b13-10+. The summed E-state index contributed by atoms with van der Waals surface area (Å²) >= 11 is 0. The average Bonchev–Trinajstić information content (AvgIpc) is 2.75. The van der Waals surface area contributed by atoms with Crippen LogP contribution in [0.15, 0.2) is 54.6 Å². The van der Waals surface area contributed by atoms with E-state index in [1.807, 2.05) is 18.2 Å². The van der Waals surface area contributed by atoms with Gasteiger partial charge in [-0.3, -0.25) is 14.9 Å². The van der Waals surface area contributed by atoms with Gasteiger partial charge in [0.15, 0.2) is 0 Å². The zero-order valence-electron chi connectivity index (χ0n) is 17.6. The molecule has 0 saturated carbocycles. The molecule has 4 nitrogen and oxygen atoms in total. The Morgan fingerprint density at radius 1 is 1.23 bits per heavy atom. The quantitative estimate of drug-likeness (QED) is 0.368. The summed E-state index contributed by atoms with van der Waals surface area (Å²) in [6, 6.07) is 13.5. The number of hydrogen-bond donors (Lipinski definition) is 2. The number of allylic oxidation sites excluding steroid dienone is 1. The lowest BCUT2D eigenvalue weighted by molar-refractivity contribution is -0.124. The molecule has 0 saturated heterocycles. The van der Waals surface area contributed by atoms with Crippen LogP contribution in [0.1, 0.15) is 48.9 Å². The minimum absolute atomic E-state index is 0.173. The highest BCUT2D eigenvalue weighted by Gasteiger charge is 2.16. The van der Waals surface area contributed by atoms with E-state index in [4.69, 9.17) is 5.21 Å². The number of halogens is 1. The fraction of sp³-hybridized carbons (Fsp3) is 0.320. The predicted molar refractivity (Wildman–Crippen MR) is 118 cm³/mol. The van der Waals surface area contributed by atoms with Crippen molar-refractivity contribution in [3.05, 3.63) is 82.7 Å². The number of fused-ring (bicyclic) bond motifs is 1. The maximum atomic E-state index is 13.8. The first-order chi connectivity index (χ1) is 14.5. The van der Waals surface area contributed by atoms with Gasteiger partial charge in [0, 0.05) is 25.2 Å². The van der Waals surface area contributed by atoms with E-state index in [1.165, 1.54) is 22.8 Å². The molecule has 0 atom stereocenters. The van der Waals surface area contributed by atoms with Crippen LogP contribution in [0.5, 0.6) is 0 Å². The van der Waals surface area contributed by atoms with Gasteiger partial charge in [0.2, 0.25) is 0 Å². The second-order valence-electron chi connectivity index (χ2n) is 7.93. The summed E-state index contributed by atoms with van der Waals surface area (Å²) in [5.74, 6) is -0.726. The van der Waals surface area contributed by atoms with Gasteiger partial charge in [0.25, 0.3) is 5.91 Å². The summed E-state index contributed by atoms with van der Waals surface area (Å²) in [5, 5.41) is 8.54. The molecule has 0 aromatic heterocycles. The van der Waals surface area contributed by atoms with Crippen molar-refractivity contribution in [2.45, 2.75) is 45.7 Å². The molecule has 1 amide bonds. The molecule has 0 heterocycles. The van der Waals surface area contributed by atoms with Crippen molar-refractivity contribution in [3.63, 3.8) is 0 Å². The molecule has 0 aliphatic heterocycles. The van der Waals surface area contributed by atoms with Gasteiger partial charge in [-0.2, -0.15) is 0 Å². The van der Waals surface area contributed by atoms with E-state index in [1.54, 1.807) is 23.7 Å². The molecule has 0 spiro atoms. The van der Waals surface area contributed by atoms with Gasteiger partial charge >= 0.3 is 0 Å². The number of amides is 1. The van der Waals surface area contributed by atoms with E-state index in [-0.39, 0.29) is 5.82 Å². The molecule has 0 fully saturated rings. The molecule has 30 heavy (non-hydrogen) atoms. The number of carbonyl (C=O) groups is 1. The summed E-state index contributed by atoms with van der Waals surface area (Å²) in [4.78, 5) is 13.5. The normalized spacial score (nSPS) is 13.6. The van der Waals surface area contributed by atoms with E-state index in [0.29, 0.717) is 6.04 Å². The third kappa shape index (κ3) is 5.88. The molecule has 0 unspecified atom stereocenters. The number of aryl methyl sites for hydroxylation is 1. The fourth-order valence-corrected chi connectivity index (χ4v) is 3.78. The van der Waals surface area contributed by atoms with Crippen molar-refractivity contribution in [2.24, 2.45) is 0 Å². The third-order valence-corrected chi connectivity index (χ3v) is 5.52.